The Hall–Kier alpha value is -1.25. The van der Waals surface area contributed by atoms with E-state index >= 15 is 0 Å². The maximum Gasteiger partial charge on any atom is 0.172 e. The molecule has 1 aromatic carbocycles. The third-order valence-corrected chi connectivity index (χ3v) is 6.01. The lowest BCUT2D eigenvalue weighted by atomic mass is 9.43. The minimum absolute atomic E-state index is 0.0412. The number of hydrogen-bond acceptors (Lipinski definition) is 1. The first-order valence-corrected chi connectivity index (χ1v) is 7.89. The number of ketones is 1. The van der Waals surface area contributed by atoms with Crippen LogP contribution in [0.3, 0.4) is 0 Å². The standard InChI is InChI=1S/C18H20F2O/c1-17-6-11-4-12(7-17)9-18(8-11,10-17)16(21)14-5-13(19)2-3-15(14)20/h2-3,5,11-12H,4,6-10H2,1H3. The predicted octanol–water partition coefficient (Wildman–Crippen LogP) is 4.75. The highest BCUT2D eigenvalue weighted by molar-refractivity contribution is 6.01. The highest BCUT2D eigenvalue weighted by atomic mass is 19.1. The summed E-state index contributed by atoms with van der Waals surface area (Å²) in [5.41, 5.74) is -0.252. The van der Waals surface area contributed by atoms with Crippen LogP contribution in [0.5, 0.6) is 0 Å². The van der Waals surface area contributed by atoms with Crippen LogP contribution in [0, 0.1) is 34.3 Å². The van der Waals surface area contributed by atoms with Crippen LogP contribution < -0.4 is 0 Å². The molecule has 0 spiro atoms. The Morgan fingerprint density at radius 2 is 1.81 bits per heavy atom. The third-order valence-electron chi connectivity index (χ3n) is 6.01. The van der Waals surface area contributed by atoms with E-state index in [0.717, 1.165) is 37.5 Å². The smallest absolute Gasteiger partial charge is 0.172 e. The highest BCUT2D eigenvalue weighted by Gasteiger charge is 2.58. The maximum absolute atomic E-state index is 14.0. The summed E-state index contributed by atoms with van der Waals surface area (Å²) in [6.45, 7) is 2.27. The molecule has 0 N–H and O–H groups in total. The molecule has 112 valence electrons. The third kappa shape index (κ3) is 1.96. The molecule has 2 unspecified atom stereocenters. The molecule has 4 aliphatic rings. The molecule has 4 aliphatic carbocycles. The molecular formula is C18H20F2O. The Kier molecular flexibility index (Phi) is 2.65. The molecule has 1 aromatic rings. The zero-order chi connectivity index (χ0) is 14.8. The normalized spacial score (nSPS) is 40.5. The molecule has 2 atom stereocenters. The number of Topliss-reactive ketones (excluding diaryl/α,β-unsaturated/α-hetero) is 1. The number of rotatable bonds is 2. The average Bonchev–Trinajstić information content (AvgIpc) is 2.38. The summed E-state index contributed by atoms with van der Waals surface area (Å²) in [4.78, 5) is 13.0. The van der Waals surface area contributed by atoms with Gasteiger partial charge in [-0.05, 0) is 74.0 Å². The fourth-order valence-corrected chi connectivity index (χ4v) is 5.94. The van der Waals surface area contributed by atoms with Gasteiger partial charge in [0.15, 0.2) is 5.78 Å². The van der Waals surface area contributed by atoms with E-state index in [2.05, 4.69) is 6.92 Å². The van der Waals surface area contributed by atoms with Gasteiger partial charge in [0.1, 0.15) is 11.6 Å². The van der Waals surface area contributed by atoms with E-state index in [1.165, 1.54) is 19.3 Å². The number of halogens is 2. The topological polar surface area (TPSA) is 17.1 Å². The number of hydrogen-bond donors (Lipinski definition) is 0. The molecule has 3 heteroatoms. The van der Waals surface area contributed by atoms with Gasteiger partial charge in [-0.1, -0.05) is 6.92 Å². The van der Waals surface area contributed by atoms with Crippen molar-refractivity contribution in [1.29, 1.82) is 0 Å². The molecule has 0 saturated heterocycles. The predicted molar refractivity (Wildman–Crippen MR) is 75.9 cm³/mol. The van der Waals surface area contributed by atoms with Gasteiger partial charge in [0.2, 0.25) is 0 Å². The van der Waals surface area contributed by atoms with E-state index in [0.29, 0.717) is 11.8 Å². The van der Waals surface area contributed by atoms with E-state index in [1.807, 2.05) is 0 Å². The summed E-state index contributed by atoms with van der Waals surface area (Å²) in [7, 11) is 0. The van der Waals surface area contributed by atoms with Crippen molar-refractivity contribution in [1.82, 2.24) is 0 Å². The van der Waals surface area contributed by atoms with Crippen LogP contribution in [0.15, 0.2) is 18.2 Å². The first-order chi connectivity index (χ1) is 9.89. The second-order valence-corrected chi connectivity index (χ2v) is 8.01. The summed E-state index contributed by atoms with van der Waals surface area (Å²) in [5.74, 6) is -0.0774. The molecule has 0 aliphatic heterocycles. The van der Waals surface area contributed by atoms with Crippen LogP contribution >= 0.6 is 0 Å². The lowest BCUT2D eigenvalue weighted by molar-refractivity contribution is -0.0821. The molecule has 5 rings (SSSR count). The minimum Gasteiger partial charge on any atom is -0.293 e. The average molecular weight is 290 g/mol. The molecule has 0 aromatic heterocycles. The van der Waals surface area contributed by atoms with Crippen LogP contribution in [-0.4, -0.2) is 5.78 Å². The van der Waals surface area contributed by atoms with Gasteiger partial charge >= 0.3 is 0 Å². The summed E-state index contributed by atoms with van der Waals surface area (Å²) >= 11 is 0. The van der Waals surface area contributed by atoms with Crippen molar-refractivity contribution in [2.45, 2.75) is 45.4 Å². The lowest BCUT2D eigenvalue weighted by Crippen LogP contribution is -2.54. The van der Waals surface area contributed by atoms with Gasteiger partial charge in [0.05, 0.1) is 5.56 Å². The Labute approximate surface area is 123 Å². The Balaban J connectivity index is 1.75. The summed E-state index contributed by atoms with van der Waals surface area (Å²) in [5, 5.41) is 0. The van der Waals surface area contributed by atoms with Crippen molar-refractivity contribution >= 4 is 5.78 Å². The molecule has 0 radical (unpaired) electrons. The fourth-order valence-electron chi connectivity index (χ4n) is 5.94. The van der Waals surface area contributed by atoms with Gasteiger partial charge in [-0.3, -0.25) is 4.79 Å². The molecular weight excluding hydrogens is 270 g/mol. The molecule has 4 fully saturated rings. The van der Waals surface area contributed by atoms with E-state index in [1.54, 1.807) is 0 Å². The Bertz CT molecular complexity index is 608. The molecule has 4 bridgehead atoms. The van der Waals surface area contributed by atoms with E-state index in [4.69, 9.17) is 0 Å². The van der Waals surface area contributed by atoms with E-state index < -0.39 is 17.0 Å². The van der Waals surface area contributed by atoms with Crippen molar-refractivity contribution in [2.75, 3.05) is 0 Å². The SMILES string of the molecule is CC12CC3CC(C1)CC(C(=O)c1cc(F)ccc1F)(C3)C2. The van der Waals surface area contributed by atoms with Crippen molar-refractivity contribution in [2.24, 2.45) is 22.7 Å². The van der Waals surface area contributed by atoms with Gasteiger partial charge in [0.25, 0.3) is 0 Å². The van der Waals surface area contributed by atoms with Crippen LogP contribution in [-0.2, 0) is 0 Å². The summed E-state index contributed by atoms with van der Waals surface area (Å²) in [6.07, 6.45) is 6.20. The van der Waals surface area contributed by atoms with Gasteiger partial charge in [-0.25, -0.2) is 8.78 Å². The molecule has 1 nitrogen and oxygen atoms in total. The van der Waals surface area contributed by atoms with Crippen LogP contribution in [0.1, 0.15) is 55.8 Å². The number of carbonyl (C=O) groups excluding carboxylic acids is 1. The number of carbonyl (C=O) groups is 1. The Morgan fingerprint density at radius 1 is 1.14 bits per heavy atom. The molecule has 0 amide bonds. The molecule has 0 heterocycles. The van der Waals surface area contributed by atoms with Gasteiger partial charge in [-0.2, -0.15) is 0 Å². The van der Waals surface area contributed by atoms with E-state index in [-0.39, 0.29) is 16.8 Å². The maximum atomic E-state index is 14.0. The van der Waals surface area contributed by atoms with Crippen molar-refractivity contribution < 1.29 is 13.6 Å². The fraction of sp³-hybridized carbons (Fsp3) is 0.611. The molecule has 21 heavy (non-hydrogen) atoms. The highest BCUT2D eigenvalue weighted by Crippen LogP contribution is 2.65. The lowest BCUT2D eigenvalue weighted by Gasteiger charge is -2.60. The van der Waals surface area contributed by atoms with Crippen molar-refractivity contribution in [3.05, 3.63) is 35.4 Å². The largest absolute Gasteiger partial charge is 0.293 e. The van der Waals surface area contributed by atoms with Gasteiger partial charge in [-0.15, -0.1) is 0 Å². The van der Waals surface area contributed by atoms with Gasteiger partial charge in [0, 0.05) is 5.41 Å². The van der Waals surface area contributed by atoms with E-state index in [9.17, 15) is 13.6 Å². The zero-order valence-corrected chi connectivity index (χ0v) is 12.3. The van der Waals surface area contributed by atoms with Crippen molar-refractivity contribution in [3.63, 3.8) is 0 Å². The second kappa shape index (κ2) is 4.15. The first-order valence-electron chi connectivity index (χ1n) is 7.89. The second-order valence-electron chi connectivity index (χ2n) is 8.01. The zero-order valence-electron chi connectivity index (χ0n) is 12.3. The van der Waals surface area contributed by atoms with Crippen LogP contribution in [0.25, 0.3) is 0 Å². The molecule has 4 saturated carbocycles. The first kappa shape index (κ1) is 13.4. The summed E-state index contributed by atoms with van der Waals surface area (Å²) < 4.78 is 27.4. The monoisotopic (exact) mass is 290 g/mol. The van der Waals surface area contributed by atoms with Gasteiger partial charge < -0.3 is 0 Å². The summed E-state index contributed by atoms with van der Waals surface area (Å²) in [6, 6.07) is 3.23. The van der Waals surface area contributed by atoms with Crippen LogP contribution in [0.4, 0.5) is 8.78 Å². The van der Waals surface area contributed by atoms with Crippen LogP contribution in [0.2, 0.25) is 0 Å². The quantitative estimate of drug-likeness (QED) is 0.718. The Morgan fingerprint density at radius 3 is 2.43 bits per heavy atom. The van der Waals surface area contributed by atoms with Crippen molar-refractivity contribution in [3.8, 4) is 0 Å². The minimum atomic E-state index is -0.581. The number of benzene rings is 1.